The first-order chi connectivity index (χ1) is 7.07. The van der Waals surface area contributed by atoms with Crippen molar-refractivity contribution in [3.05, 3.63) is 34.9 Å². The lowest BCUT2D eigenvalue weighted by Gasteiger charge is -2.22. The summed E-state index contributed by atoms with van der Waals surface area (Å²) in [7, 11) is 0. The smallest absolute Gasteiger partial charge is 0.0703 e. The van der Waals surface area contributed by atoms with Crippen LogP contribution in [0.5, 0.6) is 0 Å². The monoisotopic (exact) mass is 225 g/mol. The standard InChI is InChI=1S/C12H16ClNO/c13-10-3-1-2-9(6-10)7-12(15)5-4-11(14)8-12/h1-3,6,11,15H,4-5,7-8,14H2. The molecule has 1 saturated carbocycles. The molecule has 3 heteroatoms. The van der Waals surface area contributed by atoms with Gasteiger partial charge in [0.15, 0.2) is 0 Å². The molecule has 2 nitrogen and oxygen atoms in total. The second-order valence-electron chi connectivity index (χ2n) is 4.53. The molecule has 1 aromatic carbocycles. The normalized spacial score (nSPS) is 30.7. The summed E-state index contributed by atoms with van der Waals surface area (Å²) >= 11 is 5.90. The van der Waals surface area contributed by atoms with Gasteiger partial charge < -0.3 is 10.8 Å². The van der Waals surface area contributed by atoms with E-state index in [1.807, 2.05) is 24.3 Å². The summed E-state index contributed by atoms with van der Waals surface area (Å²) in [5.74, 6) is 0. The van der Waals surface area contributed by atoms with Gasteiger partial charge in [-0.15, -0.1) is 0 Å². The number of aliphatic hydroxyl groups is 1. The third-order valence-electron chi connectivity index (χ3n) is 3.04. The van der Waals surface area contributed by atoms with E-state index in [1.165, 1.54) is 0 Å². The van der Waals surface area contributed by atoms with Gasteiger partial charge in [-0.25, -0.2) is 0 Å². The summed E-state index contributed by atoms with van der Waals surface area (Å²) in [6, 6.07) is 7.80. The van der Waals surface area contributed by atoms with Gasteiger partial charge >= 0.3 is 0 Å². The van der Waals surface area contributed by atoms with Gasteiger partial charge in [0.1, 0.15) is 0 Å². The van der Waals surface area contributed by atoms with E-state index in [-0.39, 0.29) is 6.04 Å². The van der Waals surface area contributed by atoms with E-state index in [2.05, 4.69) is 0 Å². The van der Waals surface area contributed by atoms with Crippen LogP contribution in [-0.2, 0) is 6.42 Å². The molecule has 0 aliphatic heterocycles. The first kappa shape index (κ1) is 10.9. The molecule has 0 aromatic heterocycles. The van der Waals surface area contributed by atoms with Crippen molar-refractivity contribution in [2.75, 3.05) is 0 Å². The van der Waals surface area contributed by atoms with E-state index in [0.717, 1.165) is 23.4 Å². The third kappa shape index (κ3) is 2.71. The average molecular weight is 226 g/mol. The maximum Gasteiger partial charge on any atom is 0.0703 e. The van der Waals surface area contributed by atoms with E-state index in [4.69, 9.17) is 17.3 Å². The molecule has 3 N–H and O–H groups in total. The highest BCUT2D eigenvalue weighted by Crippen LogP contribution is 2.32. The predicted octanol–water partition coefficient (Wildman–Crippen LogP) is 2.12. The summed E-state index contributed by atoms with van der Waals surface area (Å²) in [5.41, 5.74) is 6.27. The highest BCUT2D eigenvalue weighted by molar-refractivity contribution is 6.30. The van der Waals surface area contributed by atoms with E-state index >= 15 is 0 Å². The number of benzene rings is 1. The van der Waals surface area contributed by atoms with Crippen LogP contribution in [0.3, 0.4) is 0 Å². The van der Waals surface area contributed by atoms with Crippen molar-refractivity contribution in [2.45, 2.75) is 37.3 Å². The molecule has 0 heterocycles. The Bertz CT molecular complexity index is 355. The molecule has 2 rings (SSSR count). The Labute approximate surface area is 95.1 Å². The highest BCUT2D eigenvalue weighted by atomic mass is 35.5. The van der Waals surface area contributed by atoms with E-state index in [1.54, 1.807) is 0 Å². The molecular formula is C12H16ClNO. The van der Waals surface area contributed by atoms with Crippen molar-refractivity contribution in [1.82, 2.24) is 0 Å². The number of rotatable bonds is 2. The van der Waals surface area contributed by atoms with Gasteiger partial charge in [-0.2, -0.15) is 0 Å². The molecule has 0 bridgehead atoms. The van der Waals surface area contributed by atoms with Crippen LogP contribution in [0.1, 0.15) is 24.8 Å². The Morgan fingerprint density at radius 2 is 2.33 bits per heavy atom. The summed E-state index contributed by atoms with van der Waals surface area (Å²) in [6.07, 6.45) is 3.05. The summed E-state index contributed by atoms with van der Waals surface area (Å²) in [6.45, 7) is 0. The molecule has 0 saturated heterocycles. The van der Waals surface area contributed by atoms with Crippen LogP contribution in [-0.4, -0.2) is 16.7 Å². The van der Waals surface area contributed by atoms with Crippen LogP contribution in [0.25, 0.3) is 0 Å². The zero-order valence-electron chi connectivity index (χ0n) is 8.62. The molecule has 15 heavy (non-hydrogen) atoms. The van der Waals surface area contributed by atoms with E-state index < -0.39 is 5.60 Å². The fourth-order valence-corrected chi connectivity index (χ4v) is 2.55. The van der Waals surface area contributed by atoms with Gasteiger partial charge in [0.25, 0.3) is 0 Å². The summed E-state index contributed by atoms with van der Waals surface area (Å²) in [5, 5.41) is 11.0. The molecule has 0 amide bonds. The van der Waals surface area contributed by atoms with Gasteiger partial charge in [-0.05, 0) is 37.0 Å². The lowest BCUT2D eigenvalue weighted by atomic mass is 9.93. The minimum atomic E-state index is -0.621. The predicted molar refractivity (Wildman–Crippen MR) is 61.9 cm³/mol. The molecule has 1 fully saturated rings. The number of nitrogens with two attached hydrogens (primary N) is 1. The maximum absolute atomic E-state index is 10.3. The molecule has 1 aromatic rings. The fraction of sp³-hybridized carbons (Fsp3) is 0.500. The Hall–Kier alpha value is -0.570. The van der Waals surface area contributed by atoms with Crippen molar-refractivity contribution < 1.29 is 5.11 Å². The molecule has 82 valence electrons. The number of hydrogen-bond acceptors (Lipinski definition) is 2. The fourth-order valence-electron chi connectivity index (χ4n) is 2.33. The third-order valence-corrected chi connectivity index (χ3v) is 3.28. The summed E-state index contributed by atoms with van der Waals surface area (Å²) in [4.78, 5) is 0. The van der Waals surface area contributed by atoms with Crippen molar-refractivity contribution in [3.63, 3.8) is 0 Å². The van der Waals surface area contributed by atoms with Crippen LogP contribution in [0.15, 0.2) is 24.3 Å². The second kappa shape index (κ2) is 4.12. The van der Waals surface area contributed by atoms with Crippen LogP contribution in [0, 0.1) is 0 Å². The molecule has 0 spiro atoms. The molecule has 2 unspecified atom stereocenters. The maximum atomic E-state index is 10.3. The van der Waals surface area contributed by atoms with Gasteiger partial charge in [0.05, 0.1) is 5.60 Å². The van der Waals surface area contributed by atoms with Gasteiger partial charge in [0, 0.05) is 17.5 Å². The average Bonchev–Trinajstić information content (AvgIpc) is 2.45. The van der Waals surface area contributed by atoms with E-state index in [0.29, 0.717) is 12.8 Å². The van der Waals surface area contributed by atoms with Crippen LogP contribution in [0.4, 0.5) is 0 Å². The van der Waals surface area contributed by atoms with Gasteiger partial charge in [0.2, 0.25) is 0 Å². The van der Waals surface area contributed by atoms with Crippen molar-refractivity contribution in [1.29, 1.82) is 0 Å². The summed E-state index contributed by atoms with van der Waals surface area (Å²) < 4.78 is 0. The van der Waals surface area contributed by atoms with Crippen LogP contribution in [0.2, 0.25) is 5.02 Å². The Morgan fingerprint density at radius 3 is 2.93 bits per heavy atom. The Kier molecular flexibility index (Phi) is 3.01. The molecule has 1 aliphatic carbocycles. The minimum Gasteiger partial charge on any atom is -0.389 e. The molecule has 2 atom stereocenters. The first-order valence-electron chi connectivity index (χ1n) is 5.30. The zero-order valence-corrected chi connectivity index (χ0v) is 9.37. The SMILES string of the molecule is NC1CCC(O)(Cc2cccc(Cl)c2)C1. The van der Waals surface area contributed by atoms with Crippen molar-refractivity contribution in [2.24, 2.45) is 5.73 Å². The zero-order chi connectivity index (χ0) is 10.9. The van der Waals surface area contributed by atoms with Crippen molar-refractivity contribution >= 4 is 11.6 Å². The topological polar surface area (TPSA) is 46.2 Å². The van der Waals surface area contributed by atoms with Crippen molar-refractivity contribution in [3.8, 4) is 0 Å². The minimum absolute atomic E-state index is 0.147. The largest absolute Gasteiger partial charge is 0.389 e. The van der Waals surface area contributed by atoms with Crippen LogP contribution >= 0.6 is 11.6 Å². The number of halogens is 1. The Morgan fingerprint density at radius 1 is 1.53 bits per heavy atom. The quantitative estimate of drug-likeness (QED) is 0.810. The lowest BCUT2D eigenvalue weighted by molar-refractivity contribution is 0.0469. The van der Waals surface area contributed by atoms with Gasteiger partial charge in [-0.3, -0.25) is 0 Å². The van der Waals surface area contributed by atoms with Gasteiger partial charge in [-0.1, -0.05) is 23.7 Å². The molecular weight excluding hydrogens is 210 g/mol. The second-order valence-corrected chi connectivity index (χ2v) is 4.97. The first-order valence-corrected chi connectivity index (χ1v) is 5.68. The number of hydrogen-bond donors (Lipinski definition) is 2. The lowest BCUT2D eigenvalue weighted by Crippen LogP contribution is -2.30. The van der Waals surface area contributed by atoms with E-state index in [9.17, 15) is 5.11 Å². The molecule has 1 aliphatic rings. The molecule has 0 radical (unpaired) electrons. The van der Waals surface area contributed by atoms with Crippen LogP contribution < -0.4 is 5.73 Å². The Balaban J connectivity index is 2.08. The highest BCUT2D eigenvalue weighted by Gasteiger charge is 2.35.